The Morgan fingerprint density at radius 1 is 1.11 bits per heavy atom. The van der Waals surface area contributed by atoms with Crippen LogP contribution in [0.15, 0.2) is 34.8 Å². The number of aryl methyl sites for hydroxylation is 1. The van der Waals surface area contributed by atoms with Gasteiger partial charge in [-0.05, 0) is 42.3 Å². The molecule has 2 aromatic carbocycles. The van der Waals surface area contributed by atoms with Crippen LogP contribution in [0.25, 0.3) is 0 Å². The Morgan fingerprint density at radius 2 is 1.74 bits per heavy atom. The molecule has 0 amide bonds. The van der Waals surface area contributed by atoms with Gasteiger partial charge in [0.25, 0.3) is 0 Å². The van der Waals surface area contributed by atoms with E-state index in [9.17, 15) is 8.78 Å². The number of rotatable bonds is 3. The molecule has 2 rings (SSSR count). The summed E-state index contributed by atoms with van der Waals surface area (Å²) >= 11 is 6.45. The van der Waals surface area contributed by atoms with Gasteiger partial charge in [-0.15, -0.1) is 0 Å². The van der Waals surface area contributed by atoms with E-state index in [1.54, 1.807) is 6.07 Å². The number of halogens is 4. The first-order chi connectivity index (χ1) is 9.01. The molecule has 0 fully saturated rings. The fourth-order valence-corrected chi connectivity index (χ4v) is 2.24. The van der Waals surface area contributed by atoms with Gasteiger partial charge in [-0.1, -0.05) is 37.9 Å². The summed E-state index contributed by atoms with van der Waals surface area (Å²) in [7, 11) is 0. The smallest absolute Gasteiger partial charge is 0.198 e. The van der Waals surface area contributed by atoms with Gasteiger partial charge in [0.15, 0.2) is 17.4 Å². The zero-order valence-electron chi connectivity index (χ0n) is 10.0. The van der Waals surface area contributed by atoms with E-state index in [4.69, 9.17) is 4.74 Å². The molecule has 0 aromatic heterocycles. The molecular weight excluding hydrogens is 382 g/mol. The number of hydrogen-bond donors (Lipinski definition) is 0. The minimum Gasteiger partial charge on any atom is -0.451 e. The standard InChI is InChI=1S/C14H10Br2F2O/c1-8-2-3-10(16)6-13(8)19-14-11(17)4-9(7-15)5-12(14)18/h2-6H,7H2,1H3. The van der Waals surface area contributed by atoms with Gasteiger partial charge in [-0.2, -0.15) is 0 Å². The van der Waals surface area contributed by atoms with Crippen LogP contribution in [-0.4, -0.2) is 0 Å². The Bertz CT molecular complexity index is 591. The van der Waals surface area contributed by atoms with Crippen LogP contribution in [-0.2, 0) is 5.33 Å². The van der Waals surface area contributed by atoms with Crippen molar-refractivity contribution < 1.29 is 13.5 Å². The third-order valence-corrected chi connectivity index (χ3v) is 3.72. The molecule has 0 aliphatic rings. The van der Waals surface area contributed by atoms with Crippen molar-refractivity contribution in [2.45, 2.75) is 12.3 Å². The van der Waals surface area contributed by atoms with Crippen LogP contribution in [0.1, 0.15) is 11.1 Å². The molecule has 0 unspecified atom stereocenters. The maximum atomic E-state index is 13.8. The quantitative estimate of drug-likeness (QED) is 0.607. The third-order valence-electron chi connectivity index (χ3n) is 2.57. The summed E-state index contributed by atoms with van der Waals surface area (Å²) in [6.45, 7) is 1.81. The molecule has 5 heteroatoms. The van der Waals surface area contributed by atoms with Crippen LogP contribution in [0.4, 0.5) is 8.78 Å². The van der Waals surface area contributed by atoms with E-state index in [-0.39, 0.29) is 5.75 Å². The van der Waals surface area contributed by atoms with E-state index >= 15 is 0 Å². The SMILES string of the molecule is Cc1ccc(Br)cc1Oc1c(F)cc(CBr)cc1F. The molecule has 0 atom stereocenters. The largest absolute Gasteiger partial charge is 0.451 e. The van der Waals surface area contributed by atoms with Crippen molar-refractivity contribution in [2.24, 2.45) is 0 Å². The highest BCUT2D eigenvalue weighted by molar-refractivity contribution is 9.10. The molecule has 0 radical (unpaired) electrons. The summed E-state index contributed by atoms with van der Waals surface area (Å²) in [5.74, 6) is -1.40. The van der Waals surface area contributed by atoms with Crippen molar-refractivity contribution in [3.05, 3.63) is 57.6 Å². The predicted molar refractivity (Wildman–Crippen MR) is 77.9 cm³/mol. The summed E-state index contributed by atoms with van der Waals surface area (Å²) in [6.07, 6.45) is 0. The van der Waals surface area contributed by atoms with Gasteiger partial charge in [-0.25, -0.2) is 8.78 Å². The lowest BCUT2D eigenvalue weighted by atomic mass is 10.2. The highest BCUT2D eigenvalue weighted by Gasteiger charge is 2.14. The van der Waals surface area contributed by atoms with Crippen molar-refractivity contribution in [1.82, 2.24) is 0 Å². The first kappa shape index (κ1) is 14.5. The molecule has 0 bridgehead atoms. The van der Waals surface area contributed by atoms with Gasteiger partial charge >= 0.3 is 0 Å². The predicted octanol–water partition coefficient (Wildman–Crippen LogP) is 5.72. The first-order valence-corrected chi connectivity index (χ1v) is 7.40. The summed E-state index contributed by atoms with van der Waals surface area (Å²) in [5.41, 5.74) is 1.32. The Balaban J connectivity index is 2.41. The molecule has 0 spiro atoms. The average Bonchev–Trinajstić information content (AvgIpc) is 2.37. The van der Waals surface area contributed by atoms with Crippen LogP contribution >= 0.6 is 31.9 Å². The van der Waals surface area contributed by atoms with Gasteiger partial charge in [0.1, 0.15) is 5.75 Å². The lowest BCUT2D eigenvalue weighted by Gasteiger charge is -2.11. The summed E-state index contributed by atoms with van der Waals surface area (Å²) < 4.78 is 33.8. The van der Waals surface area contributed by atoms with E-state index in [2.05, 4.69) is 31.9 Å². The topological polar surface area (TPSA) is 9.23 Å². The molecular formula is C14H10Br2F2O. The van der Waals surface area contributed by atoms with Crippen LogP contribution in [0.3, 0.4) is 0 Å². The lowest BCUT2D eigenvalue weighted by Crippen LogP contribution is -1.96. The van der Waals surface area contributed by atoms with Gasteiger partial charge in [0, 0.05) is 9.80 Å². The first-order valence-electron chi connectivity index (χ1n) is 5.49. The highest BCUT2D eigenvalue weighted by atomic mass is 79.9. The summed E-state index contributed by atoms with van der Waals surface area (Å²) in [4.78, 5) is 0. The number of benzene rings is 2. The maximum absolute atomic E-state index is 13.8. The Kier molecular flexibility index (Phi) is 4.58. The zero-order chi connectivity index (χ0) is 14.0. The van der Waals surface area contributed by atoms with Crippen LogP contribution < -0.4 is 4.74 Å². The summed E-state index contributed by atoms with van der Waals surface area (Å²) in [6, 6.07) is 7.82. The van der Waals surface area contributed by atoms with Crippen LogP contribution in [0, 0.1) is 18.6 Å². The number of ether oxygens (including phenoxy) is 1. The molecule has 0 saturated heterocycles. The molecule has 0 saturated carbocycles. The minimum atomic E-state index is -0.714. The molecule has 0 aliphatic heterocycles. The molecule has 2 aromatic rings. The van der Waals surface area contributed by atoms with E-state index in [0.29, 0.717) is 16.6 Å². The molecule has 19 heavy (non-hydrogen) atoms. The normalized spacial score (nSPS) is 10.6. The zero-order valence-corrected chi connectivity index (χ0v) is 13.2. The van der Waals surface area contributed by atoms with Gasteiger partial charge < -0.3 is 4.74 Å². The Morgan fingerprint density at radius 3 is 2.32 bits per heavy atom. The Labute approximate surface area is 126 Å². The minimum absolute atomic E-state index is 0.383. The van der Waals surface area contributed by atoms with Crippen LogP contribution in [0.2, 0.25) is 0 Å². The van der Waals surface area contributed by atoms with Crippen molar-refractivity contribution in [2.75, 3.05) is 0 Å². The fourth-order valence-electron chi connectivity index (χ4n) is 1.58. The molecule has 1 nitrogen and oxygen atoms in total. The molecule has 0 heterocycles. The van der Waals surface area contributed by atoms with E-state index in [1.165, 1.54) is 12.1 Å². The summed E-state index contributed by atoms with van der Waals surface area (Å²) in [5, 5.41) is 0.386. The van der Waals surface area contributed by atoms with Gasteiger partial charge in [0.05, 0.1) is 0 Å². The monoisotopic (exact) mass is 390 g/mol. The van der Waals surface area contributed by atoms with Gasteiger partial charge in [-0.3, -0.25) is 0 Å². The highest BCUT2D eigenvalue weighted by Crippen LogP contribution is 2.32. The lowest BCUT2D eigenvalue weighted by molar-refractivity contribution is 0.404. The number of hydrogen-bond acceptors (Lipinski definition) is 1. The number of alkyl halides is 1. The van der Waals surface area contributed by atoms with Crippen molar-refractivity contribution in [3.63, 3.8) is 0 Å². The van der Waals surface area contributed by atoms with E-state index < -0.39 is 11.6 Å². The second kappa shape index (κ2) is 6.01. The molecule has 0 N–H and O–H groups in total. The second-order valence-corrected chi connectivity index (χ2v) is 5.51. The second-order valence-electron chi connectivity index (χ2n) is 4.03. The van der Waals surface area contributed by atoms with Gasteiger partial charge in [0.2, 0.25) is 0 Å². The fraction of sp³-hybridized carbons (Fsp3) is 0.143. The van der Waals surface area contributed by atoms with Crippen LogP contribution in [0.5, 0.6) is 11.5 Å². The maximum Gasteiger partial charge on any atom is 0.198 e. The Hall–Kier alpha value is -0.940. The van der Waals surface area contributed by atoms with E-state index in [1.807, 2.05) is 19.1 Å². The van der Waals surface area contributed by atoms with Crippen molar-refractivity contribution in [3.8, 4) is 11.5 Å². The third kappa shape index (κ3) is 3.34. The average molecular weight is 392 g/mol. The van der Waals surface area contributed by atoms with E-state index in [0.717, 1.165) is 10.0 Å². The van der Waals surface area contributed by atoms with Crippen molar-refractivity contribution in [1.29, 1.82) is 0 Å². The molecule has 0 aliphatic carbocycles. The molecule has 100 valence electrons. The van der Waals surface area contributed by atoms with Crippen molar-refractivity contribution >= 4 is 31.9 Å².